The number of hydrogen-bond acceptors (Lipinski definition) is 5. The van der Waals surface area contributed by atoms with E-state index in [-0.39, 0.29) is 11.8 Å². The highest BCUT2D eigenvalue weighted by Crippen LogP contribution is 2.40. The van der Waals surface area contributed by atoms with E-state index in [0.29, 0.717) is 30.0 Å². The summed E-state index contributed by atoms with van der Waals surface area (Å²) in [6, 6.07) is 9.67. The number of aryl methyl sites for hydroxylation is 1. The number of carbonyl (C=O) groups excluding carboxylic acids is 1. The number of imidazole rings is 1. The Hall–Kier alpha value is -3.55. The van der Waals surface area contributed by atoms with Crippen molar-refractivity contribution in [2.45, 2.75) is 32.2 Å². The van der Waals surface area contributed by atoms with E-state index in [2.05, 4.69) is 9.55 Å². The van der Waals surface area contributed by atoms with Crippen LogP contribution in [0.1, 0.15) is 24.8 Å². The molecule has 0 unspecified atom stereocenters. The highest BCUT2D eigenvalue weighted by molar-refractivity contribution is 5.88. The van der Waals surface area contributed by atoms with Gasteiger partial charge in [0.05, 0.1) is 17.6 Å². The molecule has 4 aromatic rings. The van der Waals surface area contributed by atoms with Gasteiger partial charge in [-0.1, -0.05) is 0 Å². The van der Waals surface area contributed by atoms with Crippen LogP contribution in [0.4, 0.5) is 0 Å². The number of nitrogens with one attached hydrogen (secondary N) is 1. The zero-order valence-corrected chi connectivity index (χ0v) is 16.9. The van der Waals surface area contributed by atoms with Crippen LogP contribution in [0.5, 0.6) is 5.75 Å². The molecule has 2 aromatic heterocycles. The number of carbonyl (C=O) groups is 1. The minimum Gasteiger partial charge on any atom is -0.491 e. The number of H-pyrrole nitrogens is 1. The van der Waals surface area contributed by atoms with Gasteiger partial charge in [-0.25, -0.2) is 9.78 Å². The standard InChI is InChI=1S/C23H22N4O4/c24-21(28)15(13-2-3-13)8-12-9-17-20-19(10-12)30-7-1-6-27(20)22(25-17)14-4-5-16-18(11-14)31-23(29)26-16/h4-5,9-11,13,15H,1-3,6-8H2,(H2,24,28)(H,26,29)/t15-/m0/s1. The summed E-state index contributed by atoms with van der Waals surface area (Å²) in [5, 5.41) is 0. The summed E-state index contributed by atoms with van der Waals surface area (Å²) in [4.78, 5) is 31.1. The highest BCUT2D eigenvalue weighted by Gasteiger charge is 2.35. The number of ether oxygens (including phenoxy) is 1. The van der Waals surface area contributed by atoms with E-state index in [0.717, 1.165) is 59.5 Å². The Labute approximate surface area is 177 Å². The minimum absolute atomic E-state index is 0.143. The number of nitrogens with zero attached hydrogens (tertiary/aromatic N) is 2. The third-order valence-corrected chi connectivity index (χ3v) is 6.34. The number of oxazole rings is 1. The van der Waals surface area contributed by atoms with Gasteiger partial charge >= 0.3 is 5.76 Å². The second kappa shape index (κ2) is 6.73. The van der Waals surface area contributed by atoms with E-state index in [1.165, 1.54) is 0 Å². The van der Waals surface area contributed by atoms with Crippen LogP contribution in [-0.2, 0) is 17.8 Å². The number of aromatic amines is 1. The van der Waals surface area contributed by atoms with Crippen molar-refractivity contribution in [3.05, 3.63) is 46.4 Å². The molecule has 0 saturated heterocycles. The molecule has 158 valence electrons. The van der Waals surface area contributed by atoms with Gasteiger partial charge in [0.25, 0.3) is 0 Å². The average Bonchev–Trinajstić information content (AvgIpc) is 3.45. The smallest absolute Gasteiger partial charge is 0.417 e. The number of nitrogens with two attached hydrogens (primary N) is 1. The van der Waals surface area contributed by atoms with Crippen LogP contribution >= 0.6 is 0 Å². The molecule has 2 aliphatic rings. The molecule has 0 spiro atoms. The summed E-state index contributed by atoms with van der Waals surface area (Å²) < 4.78 is 13.5. The summed E-state index contributed by atoms with van der Waals surface area (Å²) >= 11 is 0. The van der Waals surface area contributed by atoms with Crippen LogP contribution in [0.15, 0.2) is 39.5 Å². The second-order valence-corrected chi connectivity index (χ2v) is 8.53. The number of amides is 1. The Kier molecular flexibility index (Phi) is 3.96. The van der Waals surface area contributed by atoms with Gasteiger partial charge in [-0.3, -0.25) is 9.78 Å². The van der Waals surface area contributed by atoms with Gasteiger partial charge in [0.1, 0.15) is 17.1 Å². The molecule has 0 bridgehead atoms. The lowest BCUT2D eigenvalue weighted by atomic mass is 9.94. The number of rotatable bonds is 5. The molecular weight excluding hydrogens is 396 g/mol. The molecule has 8 nitrogen and oxygen atoms in total. The fraction of sp³-hybridized carbons (Fsp3) is 0.348. The maximum Gasteiger partial charge on any atom is 0.417 e. The first-order valence-electron chi connectivity index (χ1n) is 10.7. The van der Waals surface area contributed by atoms with Crippen molar-refractivity contribution in [3.8, 4) is 17.1 Å². The lowest BCUT2D eigenvalue weighted by Crippen LogP contribution is -2.26. The molecule has 1 saturated carbocycles. The Morgan fingerprint density at radius 1 is 1.29 bits per heavy atom. The van der Waals surface area contributed by atoms with Gasteiger partial charge in [0.2, 0.25) is 5.91 Å². The molecule has 1 atom stereocenters. The molecule has 1 fully saturated rings. The number of aromatic nitrogens is 3. The van der Waals surface area contributed by atoms with E-state index in [1.807, 2.05) is 30.3 Å². The van der Waals surface area contributed by atoms with Crippen molar-refractivity contribution < 1.29 is 13.9 Å². The fourth-order valence-corrected chi connectivity index (χ4v) is 4.69. The second-order valence-electron chi connectivity index (χ2n) is 8.53. The lowest BCUT2D eigenvalue weighted by molar-refractivity contribution is -0.122. The van der Waals surface area contributed by atoms with Gasteiger partial charge in [0.15, 0.2) is 5.58 Å². The van der Waals surface area contributed by atoms with E-state index in [1.54, 1.807) is 0 Å². The zero-order valence-electron chi connectivity index (χ0n) is 16.9. The Bertz CT molecular complexity index is 1390. The molecule has 3 heterocycles. The molecular formula is C23H22N4O4. The zero-order chi connectivity index (χ0) is 21.1. The van der Waals surface area contributed by atoms with Gasteiger partial charge in [0, 0.05) is 18.0 Å². The normalized spacial score (nSPS) is 16.9. The Morgan fingerprint density at radius 3 is 2.97 bits per heavy atom. The van der Waals surface area contributed by atoms with Gasteiger partial charge in [-0.2, -0.15) is 0 Å². The molecule has 1 aliphatic carbocycles. The van der Waals surface area contributed by atoms with Crippen LogP contribution < -0.4 is 16.2 Å². The van der Waals surface area contributed by atoms with E-state index >= 15 is 0 Å². The molecule has 1 aliphatic heterocycles. The summed E-state index contributed by atoms with van der Waals surface area (Å²) in [5.41, 5.74) is 10.5. The van der Waals surface area contributed by atoms with Gasteiger partial charge in [-0.15, -0.1) is 0 Å². The fourth-order valence-electron chi connectivity index (χ4n) is 4.69. The van der Waals surface area contributed by atoms with Crippen molar-refractivity contribution in [2.24, 2.45) is 17.6 Å². The third kappa shape index (κ3) is 3.10. The van der Waals surface area contributed by atoms with E-state index < -0.39 is 5.76 Å². The summed E-state index contributed by atoms with van der Waals surface area (Å²) in [7, 11) is 0. The molecule has 2 aromatic carbocycles. The maximum absolute atomic E-state index is 12.0. The quantitative estimate of drug-likeness (QED) is 0.517. The highest BCUT2D eigenvalue weighted by atomic mass is 16.5. The third-order valence-electron chi connectivity index (χ3n) is 6.34. The maximum atomic E-state index is 12.0. The molecule has 0 radical (unpaired) electrons. The molecule has 6 rings (SSSR count). The van der Waals surface area contributed by atoms with Crippen LogP contribution in [0.25, 0.3) is 33.5 Å². The first kappa shape index (κ1) is 18.2. The largest absolute Gasteiger partial charge is 0.491 e. The predicted molar refractivity (Wildman–Crippen MR) is 115 cm³/mol. The lowest BCUT2D eigenvalue weighted by Gasteiger charge is -2.13. The molecule has 1 amide bonds. The molecule has 3 N–H and O–H groups in total. The van der Waals surface area contributed by atoms with Crippen molar-refractivity contribution in [2.75, 3.05) is 6.61 Å². The minimum atomic E-state index is -0.474. The van der Waals surface area contributed by atoms with Crippen LogP contribution in [-0.4, -0.2) is 27.0 Å². The number of primary amides is 1. The van der Waals surface area contributed by atoms with Crippen LogP contribution in [0.3, 0.4) is 0 Å². The first-order valence-corrected chi connectivity index (χ1v) is 10.7. The Balaban J connectivity index is 1.48. The van der Waals surface area contributed by atoms with Gasteiger partial charge in [-0.05, 0) is 67.5 Å². The summed E-state index contributed by atoms with van der Waals surface area (Å²) in [6.07, 6.45) is 3.59. The van der Waals surface area contributed by atoms with Crippen molar-refractivity contribution >= 4 is 28.0 Å². The SMILES string of the molecule is NC(=O)[C@@H](Cc1cc2c3c(c1)nc(-c1ccc4[nH]c(=O)oc4c1)n3CCCO2)C1CC1. The topological polar surface area (TPSA) is 116 Å². The Morgan fingerprint density at radius 2 is 2.16 bits per heavy atom. The van der Waals surface area contributed by atoms with E-state index in [9.17, 15) is 9.59 Å². The molecule has 31 heavy (non-hydrogen) atoms. The average molecular weight is 418 g/mol. The predicted octanol–water partition coefficient (Wildman–Crippen LogP) is 2.97. The van der Waals surface area contributed by atoms with Crippen molar-refractivity contribution in [1.29, 1.82) is 0 Å². The van der Waals surface area contributed by atoms with Crippen LogP contribution in [0, 0.1) is 11.8 Å². The first-order chi connectivity index (χ1) is 15.1. The number of benzene rings is 2. The van der Waals surface area contributed by atoms with E-state index in [4.69, 9.17) is 19.9 Å². The van der Waals surface area contributed by atoms with Crippen LogP contribution in [0.2, 0.25) is 0 Å². The number of fused-ring (bicyclic) bond motifs is 1. The van der Waals surface area contributed by atoms with Crippen molar-refractivity contribution in [3.63, 3.8) is 0 Å². The van der Waals surface area contributed by atoms with Gasteiger partial charge < -0.3 is 19.5 Å². The number of hydrogen-bond donors (Lipinski definition) is 2. The molecule has 8 heteroatoms. The monoisotopic (exact) mass is 418 g/mol. The summed E-state index contributed by atoms with van der Waals surface area (Å²) in [5.74, 6) is 1.13. The summed E-state index contributed by atoms with van der Waals surface area (Å²) in [6.45, 7) is 1.40. The van der Waals surface area contributed by atoms with Crippen molar-refractivity contribution in [1.82, 2.24) is 14.5 Å².